The first-order chi connectivity index (χ1) is 15.8. The molecule has 184 valence electrons. The largest absolute Gasteiger partial charge is 0.467 e. The normalized spacial score (nSPS) is 18.7. The third-order valence-electron chi connectivity index (χ3n) is 5.97. The van der Waals surface area contributed by atoms with Crippen LogP contribution in [0.5, 0.6) is 0 Å². The zero-order chi connectivity index (χ0) is 25.3. The lowest BCUT2D eigenvalue weighted by atomic mass is 9.94. The average molecular weight is 471 g/mol. The molecule has 0 aliphatic heterocycles. The molecule has 0 heterocycles. The van der Waals surface area contributed by atoms with E-state index in [1.807, 2.05) is 18.2 Å². The summed E-state index contributed by atoms with van der Waals surface area (Å²) >= 11 is 0. The Morgan fingerprint density at radius 3 is 2.29 bits per heavy atom. The smallest absolute Gasteiger partial charge is 0.408 e. The number of hydrogen-bond donors (Lipinski definition) is 3. The van der Waals surface area contributed by atoms with E-state index < -0.39 is 35.2 Å². The number of methoxy groups -OCH3 is 1. The number of aliphatic hydroxyl groups is 1. The van der Waals surface area contributed by atoms with E-state index in [4.69, 9.17) is 9.47 Å². The van der Waals surface area contributed by atoms with Crippen molar-refractivity contribution in [2.75, 3.05) is 13.7 Å². The van der Waals surface area contributed by atoms with Crippen LogP contribution in [0.4, 0.5) is 4.79 Å². The highest BCUT2D eigenvalue weighted by Gasteiger charge is 2.40. The number of alkyl carbamates (subject to hydrolysis) is 1. The van der Waals surface area contributed by atoms with Crippen LogP contribution in [0, 0.1) is 5.92 Å². The van der Waals surface area contributed by atoms with Gasteiger partial charge in [0.25, 0.3) is 5.91 Å². The summed E-state index contributed by atoms with van der Waals surface area (Å²) < 4.78 is 10.2. The van der Waals surface area contributed by atoms with Crippen molar-refractivity contribution in [2.24, 2.45) is 5.92 Å². The first-order valence-electron chi connectivity index (χ1n) is 11.4. The highest BCUT2D eigenvalue weighted by atomic mass is 16.6. The highest BCUT2D eigenvalue weighted by Crippen LogP contribution is 2.47. The molecular weight excluding hydrogens is 436 g/mol. The maximum absolute atomic E-state index is 13.1. The van der Waals surface area contributed by atoms with Crippen molar-refractivity contribution >= 4 is 28.7 Å². The summed E-state index contributed by atoms with van der Waals surface area (Å²) in [6, 6.07) is 10.2. The molecule has 1 fully saturated rings. The van der Waals surface area contributed by atoms with Crippen molar-refractivity contribution in [3.05, 3.63) is 47.5 Å². The third kappa shape index (κ3) is 6.05. The molecular formula is C26H34N2O6. The van der Waals surface area contributed by atoms with E-state index in [0.29, 0.717) is 17.4 Å². The van der Waals surface area contributed by atoms with Gasteiger partial charge in [0.1, 0.15) is 11.6 Å². The van der Waals surface area contributed by atoms with Crippen molar-refractivity contribution in [3.8, 4) is 0 Å². The summed E-state index contributed by atoms with van der Waals surface area (Å²) in [5.41, 5.74) is -0.343. The summed E-state index contributed by atoms with van der Waals surface area (Å²) in [5.74, 6) is -0.445. The Balaban J connectivity index is 1.77. The summed E-state index contributed by atoms with van der Waals surface area (Å²) in [5, 5.41) is 16.6. The second kappa shape index (κ2) is 9.62. The number of nitrogens with one attached hydrogen (secondary N) is 2. The van der Waals surface area contributed by atoms with Gasteiger partial charge in [-0.2, -0.15) is 0 Å². The number of carbonyl (C=O) groups is 3. The molecule has 0 aromatic heterocycles. The van der Waals surface area contributed by atoms with Crippen LogP contribution in [0.15, 0.2) is 36.4 Å². The lowest BCUT2D eigenvalue weighted by Crippen LogP contribution is -2.62. The van der Waals surface area contributed by atoms with Gasteiger partial charge in [-0.15, -0.1) is 0 Å². The van der Waals surface area contributed by atoms with E-state index in [1.54, 1.807) is 46.8 Å². The van der Waals surface area contributed by atoms with Gasteiger partial charge < -0.3 is 25.2 Å². The number of hydrogen-bond acceptors (Lipinski definition) is 6. The number of rotatable bonds is 7. The van der Waals surface area contributed by atoms with Crippen LogP contribution in [0.25, 0.3) is 10.8 Å². The molecule has 8 nitrogen and oxygen atoms in total. The van der Waals surface area contributed by atoms with Gasteiger partial charge in [-0.25, -0.2) is 9.59 Å². The van der Waals surface area contributed by atoms with Crippen LogP contribution < -0.4 is 10.6 Å². The summed E-state index contributed by atoms with van der Waals surface area (Å²) in [6.07, 6.45) is 0.283. The topological polar surface area (TPSA) is 114 Å². The number of ether oxygens (including phenoxy) is 2. The number of carbonyl (C=O) groups excluding carboxylic acids is 3. The molecule has 2 amide bonds. The van der Waals surface area contributed by atoms with Crippen LogP contribution in [0.1, 0.15) is 62.9 Å². The minimum atomic E-state index is -1.19. The van der Waals surface area contributed by atoms with Crippen molar-refractivity contribution in [1.82, 2.24) is 10.6 Å². The van der Waals surface area contributed by atoms with Crippen LogP contribution >= 0.6 is 0 Å². The SMILES string of the molecule is COC(=O)[C@@H](NC(=O)c1ccc2cc([C@H]3C[C@@H]3CO)ccc2c1)C(C)(C)NC(=O)OC(C)(C)C. The molecule has 1 saturated carbocycles. The molecule has 2 aromatic rings. The molecule has 3 atom stereocenters. The minimum Gasteiger partial charge on any atom is -0.467 e. The van der Waals surface area contributed by atoms with Gasteiger partial charge in [0.05, 0.1) is 12.6 Å². The van der Waals surface area contributed by atoms with Crippen LogP contribution in [0.2, 0.25) is 0 Å². The molecule has 0 saturated heterocycles. The molecule has 1 aliphatic carbocycles. The Labute approximate surface area is 200 Å². The van der Waals surface area contributed by atoms with E-state index in [2.05, 4.69) is 16.7 Å². The molecule has 0 bridgehead atoms. The van der Waals surface area contributed by atoms with Gasteiger partial charge in [-0.1, -0.05) is 24.3 Å². The van der Waals surface area contributed by atoms with Gasteiger partial charge in [0.15, 0.2) is 0 Å². The first-order valence-corrected chi connectivity index (χ1v) is 11.4. The number of amides is 2. The monoisotopic (exact) mass is 470 g/mol. The molecule has 0 unspecified atom stereocenters. The van der Waals surface area contributed by atoms with E-state index >= 15 is 0 Å². The Bertz CT molecular complexity index is 1090. The predicted octanol–water partition coefficient (Wildman–Crippen LogP) is 3.51. The maximum atomic E-state index is 13.1. The number of benzene rings is 2. The molecule has 1 aliphatic rings. The quantitative estimate of drug-likeness (QED) is 0.534. The lowest BCUT2D eigenvalue weighted by Gasteiger charge is -2.34. The maximum Gasteiger partial charge on any atom is 0.408 e. The number of aliphatic hydroxyl groups excluding tert-OH is 1. The van der Waals surface area contributed by atoms with E-state index in [1.165, 1.54) is 12.7 Å². The van der Waals surface area contributed by atoms with Gasteiger partial charge in [-0.05, 0) is 81.3 Å². The summed E-state index contributed by atoms with van der Waals surface area (Å²) in [6.45, 7) is 8.62. The highest BCUT2D eigenvalue weighted by molar-refractivity contribution is 6.00. The zero-order valence-electron chi connectivity index (χ0n) is 20.6. The van der Waals surface area contributed by atoms with Crippen LogP contribution in [0.3, 0.4) is 0 Å². The molecule has 2 aromatic carbocycles. The van der Waals surface area contributed by atoms with E-state index in [9.17, 15) is 19.5 Å². The molecule has 3 N–H and O–H groups in total. The number of esters is 1. The Morgan fingerprint density at radius 2 is 1.71 bits per heavy atom. The average Bonchev–Trinajstić information content (AvgIpc) is 3.54. The third-order valence-corrected chi connectivity index (χ3v) is 5.97. The molecule has 3 rings (SSSR count). The summed E-state index contributed by atoms with van der Waals surface area (Å²) in [4.78, 5) is 37.9. The Morgan fingerprint density at radius 1 is 1.06 bits per heavy atom. The van der Waals surface area contributed by atoms with E-state index in [0.717, 1.165) is 17.2 Å². The zero-order valence-corrected chi connectivity index (χ0v) is 20.6. The van der Waals surface area contributed by atoms with Crippen molar-refractivity contribution in [2.45, 2.75) is 64.1 Å². The lowest BCUT2D eigenvalue weighted by molar-refractivity contribution is -0.144. The van der Waals surface area contributed by atoms with Gasteiger partial charge >= 0.3 is 12.1 Å². The van der Waals surface area contributed by atoms with Crippen molar-refractivity contribution in [3.63, 3.8) is 0 Å². The second-order valence-electron chi connectivity index (χ2n) is 10.4. The fourth-order valence-corrected chi connectivity index (χ4v) is 4.00. The Hall–Kier alpha value is -3.13. The molecule has 8 heteroatoms. The minimum absolute atomic E-state index is 0.197. The standard InChI is InChI=1S/C26H34N2O6/c1-25(2,3)34-24(32)28-26(4,5)21(23(31)33-6)27-22(30)18-10-8-15-11-17(9-7-16(15)12-18)20-13-19(20)14-29/h7-12,19-21,29H,13-14H2,1-6H3,(H,27,30)(H,28,32)/t19-,20-,21-/m1/s1. The fourth-order valence-electron chi connectivity index (χ4n) is 4.00. The summed E-state index contributed by atoms with van der Waals surface area (Å²) in [7, 11) is 1.22. The van der Waals surface area contributed by atoms with Gasteiger partial charge in [-0.3, -0.25) is 4.79 Å². The van der Waals surface area contributed by atoms with Gasteiger partial charge in [0.2, 0.25) is 0 Å². The van der Waals surface area contributed by atoms with Gasteiger partial charge in [0, 0.05) is 12.2 Å². The number of fused-ring (bicyclic) bond motifs is 1. The molecule has 0 spiro atoms. The van der Waals surface area contributed by atoms with Crippen molar-refractivity contribution < 1.29 is 29.0 Å². The second-order valence-corrected chi connectivity index (χ2v) is 10.4. The molecule has 0 radical (unpaired) electrons. The van der Waals surface area contributed by atoms with Crippen molar-refractivity contribution in [1.29, 1.82) is 0 Å². The van der Waals surface area contributed by atoms with Crippen LogP contribution in [-0.4, -0.2) is 54.0 Å². The predicted molar refractivity (Wildman–Crippen MR) is 129 cm³/mol. The molecule has 34 heavy (non-hydrogen) atoms. The van der Waals surface area contributed by atoms with E-state index in [-0.39, 0.29) is 6.61 Å². The fraction of sp³-hybridized carbons (Fsp3) is 0.500. The first kappa shape index (κ1) is 25.5. The van der Waals surface area contributed by atoms with Crippen LogP contribution in [-0.2, 0) is 14.3 Å². The Kier molecular flexibility index (Phi) is 7.21.